The number of imidazole rings is 1. The van der Waals surface area contributed by atoms with Gasteiger partial charge < -0.3 is 4.98 Å². The normalized spacial score (nSPS) is 10.8. The maximum atomic E-state index is 11.9. The first-order valence-corrected chi connectivity index (χ1v) is 9.37. The Bertz CT molecular complexity index is 1110. The van der Waals surface area contributed by atoms with E-state index in [1.54, 1.807) is 12.4 Å². The number of nitrogens with one attached hydrogen (secondary N) is 1. The number of benzene rings is 2. The fraction of sp³-hybridized carbons (Fsp3) is 0.125. The molecule has 0 saturated carbocycles. The number of aryl methyl sites for hydroxylation is 1. The van der Waals surface area contributed by atoms with Gasteiger partial charge in [-0.05, 0) is 25.1 Å². The Morgan fingerprint density at radius 1 is 0.929 bits per heavy atom. The summed E-state index contributed by atoms with van der Waals surface area (Å²) in [6.45, 7) is 3.95. The average Bonchev–Trinajstić information content (AvgIpc) is 3.19. The molecule has 0 saturated heterocycles. The third-order valence-electron chi connectivity index (χ3n) is 4.77. The molecule has 4 nitrogen and oxygen atoms in total. The van der Waals surface area contributed by atoms with E-state index in [4.69, 9.17) is 4.98 Å². The van der Waals surface area contributed by atoms with Gasteiger partial charge in [0.05, 0.1) is 11.4 Å². The molecule has 0 aliphatic carbocycles. The molecule has 4 aromatic rings. The van der Waals surface area contributed by atoms with Gasteiger partial charge in [-0.3, -0.25) is 9.78 Å². The van der Waals surface area contributed by atoms with Crippen molar-refractivity contribution in [2.24, 2.45) is 0 Å². The van der Waals surface area contributed by atoms with Crippen molar-refractivity contribution >= 4 is 5.78 Å². The van der Waals surface area contributed by atoms with E-state index in [0.717, 1.165) is 39.5 Å². The molecule has 1 N–H and O–H groups in total. The van der Waals surface area contributed by atoms with Crippen molar-refractivity contribution in [1.29, 1.82) is 0 Å². The van der Waals surface area contributed by atoms with Crippen molar-refractivity contribution in [3.8, 4) is 33.9 Å². The van der Waals surface area contributed by atoms with Crippen molar-refractivity contribution < 1.29 is 4.79 Å². The SMILES string of the molecule is CCC(=O)c1ccc(-c2nc(-c3cccc(C)c3)c(-c3ccncc3)[nH]2)cc1. The second-order valence-corrected chi connectivity index (χ2v) is 6.77. The van der Waals surface area contributed by atoms with E-state index in [0.29, 0.717) is 6.42 Å². The number of aromatic nitrogens is 3. The van der Waals surface area contributed by atoms with E-state index >= 15 is 0 Å². The Balaban J connectivity index is 1.83. The van der Waals surface area contributed by atoms with E-state index in [9.17, 15) is 4.79 Å². The lowest BCUT2D eigenvalue weighted by Crippen LogP contribution is -1.95. The largest absolute Gasteiger partial charge is 0.337 e. The highest BCUT2D eigenvalue weighted by atomic mass is 16.1. The Morgan fingerprint density at radius 2 is 1.68 bits per heavy atom. The first-order chi connectivity index (χ1) is 13.7. The molecule has 0 fully saturated rings. The highest BCUT2D eigenvalue weighted by molar-refractivity contribution is 5.96. The number of ketones is 1. The van der Waals surface area contributed by atoms with Crippen molar-refractivity contribution in [2.75, 3.05) is 0 Å². The van der Waals surface area contributed by atoms with Crippen LogP contribution in [-0.4, -0.2) is 20.7 Å². The first kappa shape index (κ1) is 17.9. The van der Waals surface area contributed by atoms with E-state index in [1.807, 2.05) is 49.4 Å². The summed E-state index contributed by atoms with van der Waals surface area (Å²) in [6.07, 6.45) is 4.06. The van der Waals surface area contributed by atoms with Gasteiger partial charge in [0.2, 0.25) is 0 Å². The first-order valence-electron chi connectivity index (χ1n) is 9.37. The van der Waals surface area contributed by atoms with Gasteiger partial charge in [0.25, 0.3) is 0 Å². The van der Waals surface area contributed by atoms with Gasteiger partial charge >= 0.3 is 0 Å². The molecule has 4 heteroatoms. The standard InChI is InChI=1S/C24H21N3O/c1-3-21(28)17-7-9-19(10-8-17)24-26-22(18-11-13-25-14-12-18)23(27-24)20-6-4-5-16(2)15-20/h4-15H,3H2,1-2H3,(H,26,27). The number of nitrogens with zero attached hydrogens (tertiary/aromatic N) is 2. The Hall–Kier alpha value is -3.53. The van der Waals surface area contributed by atoms with Crippen LogP contribution in [0.4, 0.5) is 0 Å². The molecule has 0 atom stereocenters. The summed E-state index contributed by atoms with van der Waals surface area (Å²) in [7, 11) is 0. The minimum absolute atomic E-state index is 0.143. The Morgan fingerprint density at radius 3 is 2.36 bits per heavy atom. The molecule has 0 aliphatic heterocycles. The van der Waals surface area contributed by atoms with Crippen molar-refractivity contribution in [3.05, 3.63) is 84.2 Å². The summed E-state index contributed by atoms with van der Waals surface area (Å²) in [4.78, 5) is 24.4. The van der Waals surface area contributed by atoms with Crippen LogP contribution in [0.25, 0.3) is 33.9 Å². The van der Waals surface area contributed by atoms with Crippen LogP contribution in [0.3, 0.4) is 0 Å². The number of carbonyl (C=O) groups is 1. The number of carbonyl (C=O) groups excluding carboxylic acids is 1. The van der Waals surface area contributed by atoms with Crippen LogP contribution in [0.15, 0.2) is 73.1 Å². The number of hydrogen-bond acceptors (Lipinski definition) is 3. The van der Waals surface area contributed by atoms with E-state index in [2.05, 4.69) is 35.1 Å². The zero-order chi connectivity index (χ0) is 19.5. The lowest BCUT2D eigenvalue weighted by atomic mass is 10.0. The number of aromatic amines is 1. The molecule has 0 unspecified atom stereocenters. The third-order valence-corrected chi connectivity index (χ3v) is 4.77. The molecule has 0 amide bonds. The number of hydrogen-bond donors (Lipinski definition) is 1. The minimum atomic E-state index is 0.143. The Kier molecular flexibility index (Phi) is 4.85. The second-order valence-electron chi connectivity index (χ2n) is 6.77. The summed E-state index contributed by atoms with van der Waals surface area (Å²) in [6, 6.07) is 19.9. The fourth-order valence-electron chi connectivity index (χ4n) is 3.26. The van der Waals surface area contributed by atoms with E-state index in [-0.39, 0.29) is 5.78 Å². The average molecular weight is 367 g/mol. The molecule has 2 aromatic heterocycles. The quantitative estimate of drug-likeness (QED) is 0.460. The molecule has 28 heavy (non-hydrogen) atoms. The lowest BCUT2D eigenvalue weighted by Gasteiger charge is -2.03. The van der Waals surface area contributed by atoms with Crippen LogP contribution in [-0.2, 0) is 0 Å². The predicted octanol–water partition coefficient (Wildman–Crippen LogP) is 5.71. The Labute approximate surface area is 164 Å². The number of Topliss-reactive ketones (excluding diaryl/α,β-unsaturated/α-hetero) is 1. The number of pyridine rings is 1. The summed E-state index contributed by atoms with van der Waals surface area (Å²) < 4.78 is 0. The molecule has 0 spiro atoms. The summed E-state index contributed by atoms with van der Waals surface area (Å²) >= 11 is 0. The monoisotopic (exact) mass is 367 g/mol. The van der Waals surface area contributed by atoms with Crippen LogP contribution >= 0.6 is 0 Å². The molecule has 2 aromatic carbocycles. The lowest BCUT2D eigenvalue weighted by molar-refractivity contribution is 0.0988. The maximum Gasteiger partial charge on any atom is 0.162 e. The molecular weight excluding hydrogens is 346 g/mol. The molecule has 138 valence electrons. The zero-order valence-electron chi connectivity index (χ0n) is 15.9. The van der Waals surface area contributed by atoms with Crippen LogP contribution < -0.4 is 0 Å². The molecule has 2 heterocycles. The molecule has 4 rings (SSSR count). The number of rotatable bonds is 5. The maximum absolute atomic E-state index is 11.9. The van der Waals surface area contributed by atoms with Gasteiger partial charge in [-0.1, -0.05) is 55.0 Å². The predicted molar refractivity (Wildman–Crippen MR) is 112 cm³/mol. The summed E-state index contributed by atoms with van der Waals surface area (Å²) in [5.74, 6) is 0.919. The van der Waals surface area contributed by atoms with Crippen LogP contribution in [0.5, 0.6) is 0 Å². The third kappa shape index (κ3) is 3.49. The molecule has 0 radical (unpaired) electrons. The zero-order valence-corrected chi connectivity index (χ0v) is 15.9. The van der Waals surface area contributed by atoms with Gasteiger partial charge in [0, 0.05) is 41.1 Å². The van der Waals surface area contributed by atoms with Gasteiger partial charge in [0.1, 0.15) is 5.82 Å². The van der Waals surface area contributed by atoms with Crippen molar-refractivity contribution in [3.63, 3.8) is 0 Å². The van der Waals surface area contributed by atoms with E-state index < -0.39 is 0 Å². The minimum Gasteiger partial charge on any atom is -0.337 e. The fourth-order valence-corrected chi connectivity index (χ4v) is 3.26. The van der Waals surface area contributed by atoms with Crippen molar-refractivity contribution in [1.82, 2.24) is 15.0 Å². The summed E-state index contributed by atoms with van der Waals surface area (Å²) in [5, 5.41) is 0. The second kappa shape index (κ2) is 7.61. The molecule has 0 bridgehead atoms. The van der Waals surface area contributed by atoms with Crippen LogP contribution in [0, 0.1) is 6.92 Å². The van der Waals surface area contributed by atoms with Crippen molar-refractivity contribution in [2.45, 2.75) is 20.3 Å². The van der Waals surface area contributed by atoms with Crippen LogP contribution in [0.2, 0.25) is 0 Å². The van der Waals surface area contributed by atoms with E-state index in [1.165, 1.54) is 5.56 Å². The van der Waals surface area contributed by atoms with Gasteiger partial charge in [-0.15, -0.1) is 0 Å². The number of H-pyrrole nitrogens is 1. The van der Waals surface area contributed by atoms with Gasteiger partial charge in [-0.2, -0.15) is 0 Å². The molecule has 0 aliphatic rings. The summed E-state index contributed by atoms with van der Waals surface area (Å²) in [5.41, 5.74) is 6.81. The smallest absolute Gasteiger partial charge is 0.162 e. The highest BCUT2D eigenvalue weighted by Crippen LogP contribution is 2.33. The van der Waals surface area contributed by atoms with Gasteiger partial charge in [0.15, 0.2) is 5.78 Å². The topological polar surface area (TPSA) is 58.6 Å². The van der Waals surface area contributed by atoms with Gasteiger partial charge in [-0.25, -0.2) is 4.98 Å². The van der Waals surface area contributed by atoms with Crippen LogP contribution in [0.1, 0.15) is 29.3 Å². The molecular formula is C24H21N3O. The highest BCUT2D eigenvalue weighted by Gasteiger charge is 2.15.